The Kier molecular flexibility index (Phi) is 5.71. The second-order valence-electron chi connectivity index (χ2n) is 8.85. The Hall–Kier alpha value is -1.30. The Labute approximate surface area is 210 Å². The molecule has 4 rings (SSSR count). The summed E-state index contributed by atoms with van der Waals surface area (Å²) < 4.78 is 71.0. The molecule has 2 unspecified atom stereocenters. The van der Waals surface area contributed by atoms with Crippen LogP contribution in [-0.2, 0) is 29.7 Å². The van der Waals surface area contributed by atoms with Gasteiger partial charge in [-0.25, -0.2) is 0 Å². The van der Waals surface area contributed by atoms with Crippen molar-refractivity contribution in [2.24, 2.45) is 0 Å². The second kappa shape index (κ2) is 7.60. The largest absolute Gasteiger partial charge is 0.285 e. The SMILES string of the molecule is CC1=Cc2c(Br)cc(C)cc2C1(CC1(S(=O)(=O)O)C(C)=Cc2c(Br)cc(C)cc21)S(=O)(=O)O. The van der Waals surface area contributed by atoms with Gasteiger partial charge in [-0.15, -0.1) is 0 Å². The maximum atomic E-state index is 13.2. The maximum absolute atomic E-state index is 13.2. The first-order valence-electron chi connectivity index (χ1n) is 9.99. The van der Waals surface area contributed by atoms with E-state index < -0.39 is 36.2 Å². The van der Waals surface area contributed by atoms with Gasteiger partial charge in [-0.3, -0.25) is 9.11 Å². The van der Waals surface area contributed by atoms with E-state index >= 15 is 0 Å². The smallest absolute Gasteiger partial charge is 0.278 e. The number of hydrogen-bond donors (Lipinski definition) is 2. The van der Waals surface area contributed by atoms with Crippen molar-refractivity contribution in [2.45, 2.75) is 43.6 Å². The Bertz CT molecular complexity index is 1390. The summed E-state index contributed by atoms with van der Waals surface area (Å²) >= 11 is 6.92. The Morgan fingerprint density at radius 3 is 1.33 bits per heavy atom. The summed E-state index contributed by atoms with van der Waals surface area (Å²) in [6, 6.07) is 6.91. The van der Waals surface area contributed by atoms with E-state index in [1.54, 1.807) is 52.0 Å². The monoisotopic (exact) mass is 616 g/mol. The van der Waals surface area contributed by atoms with E-state index in [9.17, 15) is 25.9 Å². The lowest BCUT2D eigenvalue weighted by Crippen LogP contribution is -2.47. The Morgan fingerprint density at radius 2 is 1.03 bits per heavy atom. The number of rotatable bonds is 4. The highest BCUT2D eigenvalue weighted by Crippen LogP contribution is 2.59. The van der Waals surface area contributed by atoms with Crippen molar-refractivity contribution in [1.82, 2.24) is 0 Å². The highest BCUT2D eigenvalue weighted by molar-refractivity contribution is 9.10. The number of aryl methyl sites for hydroxylation is 2. The molecule has 0 bridgehead atoms. The van der Waals surface area contributed by atoms with E-state index in [1.807, 2.05) is 12.1 Å². The quantitative estimate of drug-likeness (QED) is 0.412. The molecule has 2 atom stereocenters. The lowest BCUT2D eigenvalue weighted by Gasteiger charge is -2.39. The van der Waals surface area contributed by atoms with Gasteiger partial charge in [0, 0.05) is 15.4 Å². The normalized spacial score (nSPS) is 24.4. The van der Waals surface area contributed by atoms with Gasteiger partial charge in [0.15, 0.2) is 0 Å². The minimum absolute atomic E-state index is 0.266. The van der Waals surface area contributed by atoms with Gasteiger partial charge >= 0.3 is 0 Å². The third-order valence-corrected chi connectivity index (χ3v) is 11.2. The van der Waals surface area contributed by atoms with Gasteiger partial charge in [0.25, 0.3) is 20.2 Å². The zero-order valence-electron chi connectivity index (χ0n) is 18.3. The fourth-order valence-corrected chi connectivity index (χ4v) is 9.34. The fraction of sp³-hybridized carbons (Fsp3) is 0.304. The van der Waals surface area contributed by atoms with Crippen molar-refractivity contribution in [3.8, 4) is 0 Å². The molecule has 2 aliphatic carbocycles. The van der Waals surface area contributed by atoms with Crippen molar-refractivity contribution in [1.29, 1.82) is 0 Å². The number of halogens is 2. The highest BCUT2D eigenvalue weighted by atomic mass is 79.9. The maximum Gasteiger partial charge on any atom is 0.278 e. The Morgan fingerprint density at radius 1 is 0.697 bits per heavy atom. The van der Waals surface area contributed by atoms with Gasteiger partial charge in [0.1, 0.15) is 9.49 Å². The third kappa shape index (κ3) is 3.36. The molecule has 2 aromatic rings. The van der Waals surface area contributed by atoms with Crippen molar-refractivity contribution in [3.05, 3.63) is 77.7 Å². The van der Waals surface area contributed by atoms with E-state index in [2.05, 4.69) is 31.9 Å². The van der Waals surface area contributed by atoms with Crippen molar-refractivity contribution in [2.75, 3.05) is 0 Å². The average Bonchev–Trinajstić information content (AvgIpc) is 3.09. The van der Waals surface area contributed by atoms with Crippen LogP contribution in [0, 0.1) is 13.8 Å². The first kappa shape index (κ1) is 24.8. The van der Waals surface area contributed by atoms with Gasteiger partial charge in [0.05, 0.1) is 0 Å². The van der Waals surface area contributed by atoms with Crippen LogP contribution in [0.2, 0.25) is 0 Å². The zero-order chi connectivity index (χ0) is 24.7. The summed E-state index contributed by atoms with van der Waals surface area (Å²) in [5, 5.41) is 0. The lowest BCUT2D eigenvalue weighted by atomic mass is 9.80. The summed E-state index contributed by atoms with van der Waals surface area (Å²) in [7, 11) is -9.79. The van der Waals surface area contributed by atoms with Gasteiger partial charge < -0.3 is 0 Å². The summed E-state index contributed by atoms with van der Waals surface area (Å²) in [5.74, 6) is 0. The first-order chi connectivity index (χ1) is 15.1. The fourth-order valence-electron chi connectivity index (χ4n) is 5.25. The molecule has 2 N–H and O–H groups in total. The predicted molar refractivity (Wildman–Crippen MR) is 136 cm³/mol. The molecule has 0 radical (unpaired) electrons. The van der Waals surface area contributed by atoms with Crippen molar-refractivity contribution in [3.63, 3.8) is 0 Å². The lowest BCUT2D eigenvalue weighted by molar-refractivity contribution is 0.392. The first-order valence-corrected chi connectivity index (χ1v) is 14.5. The molecule has 0 saturated heterocycles. The van der Waals surface area contributed by atoms with Crippen LogP contribution in [0.3, 0.4) is 0 Å². The van der Waals surface area contributed by atoms with Crippen molar-refractivity contribution >= 4 is 64.2 Å². The van der Waals surface area contributed by atoms with E-state index in [-0.39, 0.29) is 22.3 Å². The van der Waals surface area contributed by atoms with Gasteiger partial charge in [-0.05, 0) is 84.4 Å². The van der Waals surface area contributed by atoms with Crippen LogP contribution < -0.4 is 0 Å². The molecule has 6 nitrogen and oxygen atoms in total. The molecule has 0 saturated carbocycles. The number of fused-ring (bicyclic) bond motifs is 2. The van der Waals surface area contributed by atoms with E-state index in [0.29, 0.717) is 20.1 Å². The van der Waals surface area contributed by atoms with Crippen LogP contribution in [0.1, 0.15) is 53.6 Å². The van der Waals surface area contributed by atoms with Gasteiger partial charge in [-0.2, -0.15) is 16.8 Å². The van der Waals surface area contributed by atoms with Crippen LogP contribution in [0.4, 0.5) is 0 Å². The van der Waals surface area contributed by atoms with Crippen LogP contribution in [0.25, 0.3) is 12.2 Å². The van der Waals surface area contributed by atoms with E-state index in [0.717, 1.165) is 11.1 Å². The van der Waals surface area contributed by atoms with E-state index in [4.69, 9.17) is 0 Å². The van der Waals surface area contributed by atoms with Gasteiger partial charge in [-0.1, -0.05) is 56.1 Å². The van der Waals surface area contributed by atoms with Crippen molar-refractivity contribution < 1.29 is 25.9 Å². The molecule has 0 aliphatic heterocycles. The molecule has 2 aliphatic rings. The minimum Gasteiger partial charge on any atom is -0.285 e. The number of benzene rings is 2. The summed E-state index contributed by atoms with van der Waals surface area (Å²) in [4.78, 5) is 0. The molecule has 10 heteroatoms. The average molecular weight is 618 g/mol. The molecule has 176 valence electrons. The number of hydrogen-bond acceptors (Lipinski definition) is 4. The highest BCUT2D eigenvalue weighted by Gasteiger charge is 2.62. The van der Waals surface area contributed by atoms with Gasteiger partial charge in [0.2, 0.25) is 0 Å². The molecule has 0 spiro atoms. The topological polar surface area (TPSA) is 109 Å². The zero-order valence-corrected chi connectivity index (χ0v) is 23.1. The molecule has 0 heterocycles. The summed E-state index contributed by atoms with van der Waals surface area (Å²) in [5.41, 5.74) is 3.63. The summed E-state index contributed by atoms with van der Waals surface area (Å²) in [6.07, 6.45) is 2.64. The van der Waals surface area contributed by atoms with Crippen LogP contribution in [-0.4, -0.2) is 25.9 Å². The molecule has 0 aromatic heterocycles. The van der Waals surface area contributed by atoms with E-state index in [1.165, 1.54) is 0 Å². The third-order valence-electron chi connectivity index (χ3n) is 6.79. The summed E-state index contributed by atoms with van der Waals surface area (Å²) in [6.45, 7) is 6.66. The molecular weight excluding hydrogens is 596 g/mol. The Balaban J connectivity index is 2.14. The molecule has 2 aromatic carbocycles. The molecular formula is C23H22Br2O6S2. The molecule has 0 amide bonds. The van der Waals surface area contributed by atoms with Crippen LogP contribution in [0.15, 0.2) is 44.4 Å². The predicted octanol–water partition coefficient (Wildman–Crippen LogP) is 5.92. The molecule has 0 fully saturated rings. The second-order valence-corrected chi connectivity index (χ2v) is 13.9. The molecule has 33 heavy (non-hydrogen) atoms. The van der Waals surface area contributed by atoms with Crippen LogP contribution >= 0.6 is 31.9 Å². The standard InChI is InChI=1S/C23H22Br2O6S2/c1-12-5-18-16(20(24)7-12)9-14(3)22(18,32(26,27)28)11-23(33(29,30)31)15(4)10-17-19(23)6-13(2)8-21(17)25/h5-10H,11H2,1-4H3,(H,26,27,28)(H,29,30,31). The minimum atomic E-state index is -4.90. The van der Waals surface area contributed by atoms with Crippen LogP contribution in [0.5, 0.6) is 0 Å².